The van der Waals surface area contributed by atoms with E-state index in [1.165, 1.54) is 27.8 Å². The fourth-order valence-corrected chi connectivity index (χ4v) is 4.14. The molecule has 0 bridgehead atoms. The Morgan fingerprint density at radius 1 is 0.931 bits per heavy atom. The second kappa shape index (κ2) is 7.64. The first-order chi connectivity index (χ1) is 14.3. The molecule has 1 aromatic heterocycles. The van der Waals surface area contributed by atoms with Gasteiger partial charge in [-0.05, 0) is 53.4 Å². The molecule has 29 heavy (non-hydrogen) atoms. The lowest BCUT2D eigenvalue weighted by Gasteiger charge is -2.25. The summed E-state index contributed by atoms with van der Waals surface area (Å²) in [4.78, 5) is 3.64. The Kier molecular flexibility index (Phi) is 4.70. The van der Waals surface area contributed by atoms with E-state index >= 15 is 0 Å². The zero-order chi connectivity index (χ0) is 19.6. The molecular weight excluding hydrogens is 360 g/mol. The van der Waals surface area contributed by atoms with Gasteiger partial charge in [-0.2, -0.15) is 0 Å². The van der Waals surface area contributed by atoms with Crippen molar-refractivity contribution in [2.75, 3.05) is 13.7 Å². The number of methoxy groups -OCH3 is 1. The molecule has 0 amide bonds. The molecule has 146 valence electrons. The molecule has 0 saturated carbocycles. The molecule has 1 aliphatic rings. The summed E-state index contributed by atoms with van der Waals surface area (Å²) in [6.07, 6.45) is 0.998. The highest BCUT2D eigenvalue weighted by Crippen LogP contribution is 2.35. The largest absolute Gasteiger partial charge is 0.497 e. The number of aromatic nitrogens is 1. The molecule has 0 spiro atoms. The summed E-state index contributed by atoms with van der Waals surface area (Å²) in [7, 11) is 1.71. The number of hydrogen-bond acceptors (Lipinski definition) is 3. The van der Waals surface area contributed by atoms with Crippen molar-refractivity contribution in [3.05, 3.63) is 95.2 Å². The lowest BCUT2D eigenvalue weighted by atomic mass is 9.94. The summed E-state index contributed by atoms with van der Waals surface area (Å²) in [5.74, 6) is 1.78. The highest BCUT2D eigenvalue weighted by Gasteiger charge is 2.25. The molecule has 1 atom stereocenters. The Morgan fingerprint density at radius 2 is 1.83 bits per heavy atom. The fourth-order valence-electron chi connectivity index (χ4n) is 4.14. The Balaban J connectivity index is 1.47. The average Bonchev–Trinajstić information content (AvgIpc) is 3.16. The molecule has 3 aromatic carbocycles. The van der Waals surface area contributed by atoms with Crippen molar-refractivity contribution in [1.82, 2.24) is 10.3 Å². The monoisotopic (exact) mass is 384 g/mol. The zero-order valence-electron chi connectivity index (χ0n) is 16.4. The molecule has 2 N–H and O–H groups in total. The van der Waals surface area contributed by atoms with Crippen molar-refractivity contribution in [3.63, 3.8) is 0 Å². The minimum atomic E-state index is 0.134. The van der Waals surface area contributed by atoms with Crippen LogP contribution in [-0.4, -0.2) is 18.6 Å². The molecule has 0 aliphatic carbocycles. The second-order valence-corrected chi connectivity index (χ2v) is 7.41. The highest BCUT2D eigenvalue weighted by atomic mass is 16.5. The Labute approximate surface area is 170 Å². The number of aromatic amines is 1. The lowest BCUT2D eigenvalue weighted by Crippen LogP contribution is -2.30. The Hall–Kier alpha value is -3.24. The van der Waals surface area contributed by atoms with Crippen LogP contribution < -0.4 is 14.8 Å². The van der Waals surface area contributed by atoms with Gasteiger partial charge in [-0.3, -0.25) is 0 Å². The molecule has 2 heterocycles. The maximum atomic E-state index is 6.06. The molecule has 5 rings (SSSR count). The third-order valence-corrected chi connectivity index (χ3v) is 5.60. The molecule has 1 unspecified atom stereocenters. The first-order valence-electron chi connectivity index (χ1n) is 10.0. The van der Waals surface area contributed by atoms with Gasteiger partial charge in [0.1, 0.15) is 18.1 Å². The van der Waals surface area contributed by atoms with E-state index < -0.39 is 0 Å². The molecule has 4 aromatic rings. The second-order valence-electron chi connectivity index (χ2n) is 7.41. The van der Waals surface area contributed by atoms with Gasteiger partial charge in [-0.15, -0.1) is 0 Å². The molecule has 1 aliphatic heterocycles. The fraction of sp³-hybridized carbons (Fsp3) is 0.200. The van der Waals surface area contributed by atoms with Crippen LogP contribution in [-0.2, 0) is 13.0 Å². The average molecular weight is 384 g/mol. The van der Waals surface area contributed by atoms with E-state index in [2.05, 4.69) is 46.7 Å². The van der Waals surface area contributed by atoms with Gasteiger partial charge in [-0.25, -0.2) is 0 Å². The Morgan fingerprint density at radius 3 is 2.69 bits per heavy atom. The lowest BCUT2D eigenvalue weighted by molar-refractivity contribution is 0.306. The summed E-state index contributed by atoms with van der Waals surface area (Å²) in [5, 5.41) is 4.90. The van der Waals surface area contributed by atoms with E-state index in [1.54, 1.807) is 7.11 Å². The maximum absolute atomic E-state index is 6.06. The summed E-state index contributed by atoms with van der Waals surface area (Å²) < 4.78 is 11.5. The minimum Gasteiger partial charge on any atom is -0.497 e. The normalized spacial score (nSPS) is 15.8. The molecule has 0 saturated heterocycles. The van der Waals surface area contributed by atoms with E-state index in [0.29, 0.717) is 6.61 Å². The highest BCUT2D eigenvalue weighted by molar-refractivity contribution is 5.86. The van der Waals surface area contributed by atoms with E-state index in [9.17, 15) is 0 Å². The zero-order valence-corrected chi connectivity index (χ0v) is 16.4. The van der Waals surface area contributed by atoms with Gasteiger partial charge in [-0.1, -0.05) is 42.5 Å². The van der Waals surface area contributed by atoms with E-state index in [1.807, 2.05) is 36.4 Å². The number of rotatable bonds is 5. The predicted molar refractivity (Wildman–Crippen MR) is 116 cm³/mol. The van der Waals surface area contributed by atoms with Gasteiger partial charge in [0.25, 0.3) is 0 Å². The number of ether oxygens (including phenoxy) is 2. The summed E-state index contributed by atoms with van der Waals surface area (Å²) >= 11 is 0. The van der Waals surface area contributed by atoms with Gasteiger partial charge in [0.2, 0.25) is 0 Å². The summed E-state index contributed by atoms with van der Waals surface area (Å²) in [6, 6.07) is 25.0. The van der Waals surface area contributed by atoms with Crippen molar-refractivity contribution >= 4 is 10.9 Å². The van der Waals surface area contributed by atoms with Crippen LogP contribution in [0.15, 0.2) is 72.8 Å². The summed E-state index contributed by atoms with van der Waals surface area (Å²) in [5.41, 5.74) is 6.14. The quantitative estimate of drug-likeness (QED) is 0.509. The topological polar surface area (TPSA) is 46.3 Å². The number of benzene rings is 3. The van der Waals surface area contributed by atoms with Crippen LogP contribution in [0.3, 0.4) is 0 Å². The van der Waals surface area contributed by atoms with Gasteiger partial charge >= 0.3 is 0 Å². The maximum Gasteiger partial charge on any atom is 0.120 e. The Bertz CT molecular complexity index is 1130. The number of H-pyrrole nitrogens is 1. The first kappa shape index (κ1) is 17.8. The van der Waals surface area contributed by atoms with E-state index in [-0.39, 0.29) is 6.04 Å². The smallest absolute Gasteiger partial charge is 0.120 e. The van der Waals surface area contributed by atoms with Crippen LogP contribution in [0.1, 0.15) is 28.4 Å². The van der Waals surface area contributed by atoms with Crippen molar-refractivity contribution in [3.8, 4) is 11.5 Å². The molecule has 4 nitrogen and oxygen atoms in total. The molecular formula is C25H24N2O2. The SMILES string of the molecule is COc1cccc(C2NCCc3c2[nH]c2ccc(OCc4ccccc4)cc32)c1. The van der Waals surface area contributed by atoms with Crippen LogP contribution in [0.5, 0.6) is 11.5 Å². The van der Waals surface area contributed by atoms with Crippen molar-refractivity contribution in [2.45, 2.75) is 19.1 Å². The third-order valence-electron chi connectivity index (χ3n) is 5.60. The van der Waals surface area contributed by atoms with Crippen LogP contribution in [0, 0.1) is 0 Å². The number of nitrogens with one attached hydrogen (secondary N) is 2. The van der Waals surface area contributed by atoms with Crippen molar-refractivity contribution < 1.29 is 9.47 Å². The van der Waals surface area contributed by atoms with Gasteiger partial charge in [0, 0.05) is 23.1 Å². The van der Waals surface area contributed by atoms with Crippen LogP contribution in [0.2, 0.25) is 0 Å². The summed E-state index contributed by atoms with van der Waals surface area (Å²) in [6.45, 7) is 1.52. The van der Waals surface area contributed by atoms with Gasteiger partial charge in [0.05, 0.1) is 13.2 Å². The third kappa shape index (κ3) is 3.47. The van der Waals surface area contributed by atoms with Gasteiger partial charge in [0.15, 0.2) is 0 Å². The first-order valence-corrected chi connectivity index (χ1v) is 10.0. The van der Waals surface area contributed by atoms with Crippen molar-refractivity contribution in [1.29, 1.82) is 0 Å². The van der Waals surface area contributed by atoms with Crippen molar-refractivity contribution in [2.24, 2.45) is 0 Å². The van der Waals surface area contributed by atoms with E-state index in [4.69, 9.17) is 9.47 Å². The minimum absolute atomic E-state index is 0.134. The number of fused-ring (bicyclic) bond motifs is 3. The molecule has 0 radical (unpaired) electrons. The molecule has 0 fully saturated rings. The van der Waals surface area contributed by atoms with Crippen LogP contribution in [0.4, 0.5) is 0 Å². The standard InChI is InChI=1S/C25H24N2O2/c1-28-19-9-5-8-18(14-19)24-25-21(12-13-26-24)22-15-20(10-11-23(22)27-25)29-16-17-6-3-2-4-7-17/h2-11,14-15,24,26-27H,12-13,16H2,1H3. The predicted octanol–water partition coefficient (Wildman–Crippen LogP) is 4.99. The number of hydrogen-bond donors (Lipinski definition) is 2. The van der Waals surface area contributed by atoms with Crippen LogP contribution in [0.25, 0.3) is 10.9 Å². The van der Waals surface area contributed by atoms with Gasteiger partial charge < -0.3 is 19.8 Å². The molecule has 4 heteroatoms. The van der Waals surface area contributed by atoms with E-state index in [0.717, 1.165) is 30.0 Å². The van der Waals surface area contributed by atoms with Crippen LogP contribution >= 0.6 is 0 Å².